The quantitative estimate of drug-likeness (QED) is 0.910. The van der Waals surface area contributed by atoms with Gasteiger partial charge in [0.1, 0.15) is 0 Å². The average Bonchev–Trinajstić information content (AvgIpc) is 2.35. The normalized spacial score (nSPS) is 24.1. The van der Waals surface area contributed by atoms with Gasteiger partial charge in [0.15, 0.2) is 0 Å². The van der Waals surface area contributed by atoms with E-state index >= 15 is 0 Å². The molecule has 1 fully saturated rings. The Morgan fingerprint density at radius 1 is 1.44 bits per heavy atom. The van der Waals surface area contributed by atoms with Gasteiger partial charge in [0.05, 0.1) is 12.5 Å². The predicted molar refractivity (Wildman–Crippen MR) is 74.2 cm³/mol. The van der Waals surface area contributed by atoms with Gasteiger partial charge in [0.25, 0.3) is 0 Å². The highest BCUT2D eigenvalue weighted by Gasteiger charge is 2.26. The van der Waals surface area contributed by atoms with Gasteiger partial charge in [-0.1, -0.05) is 35.0 Å². The van der Waals surface area contributed by atoms with E-state index in [1.54, 1.807) is 4.90 Å². The third-order valence-electron chi connectivity index (χ3n) is 3.54. The summed E-state index contributed by atoms with van der Waals surface area (Å²) in [6.07, 6.45) is 0.911. The summed E-state index contributed by atoms with van der Waals surface area (Å²) in [7, 11) is 0. The second kappa shape index (κ2) is 5.85. The van der Waals surface area contributed by atoms with Gasteiger partial charge in [0, 0.05) is 17.6 Å². The third-order valence-corrected chi connectivity index (χ3v) is 4.07. The molecular weight excluding hydrogens is 294 g/mol. The Balaban J connectivity index is 1.94. The number of halogens is 1. The highest BCUT2D eigenvalue weighted by molar-refractivity contribution is 9.10. The molecule has 2 atom stereocenters. The number of likely N-dealkylation sites (tertiary alicyclic amines) is 1. The van der Waals surface area contributed by atoms with Gasteiger partial charge in [-0.3, -0.25) is 4.79 Å². The van der Waals surface area contributed by atoms with Crippen LogP contribution in [0.2, 0.25) is 0 Å². The van der Waals surface area contributed by atoms with Gasteiger partial charge < -0.3 is 10.0 Å². The summed E-state index contributed by atoms with van der Waals surface area (Å²) < 4.78 is 1.01. The van der Waals surface area contributed by atoms with Crippen LogP contribution >= 0.6 is 15.9 Å². The van der Waals surface area contributed by atoms with Crippen molar-refractivity contribution in [2.45, 2.75) is 25.9 Å². The van der Waals surface area contributed by atoms with Crippen molar-refractivity contribution in [3.05, 3.63) is 34.3 Å². The summed E-state index contributed by atoms with van der Waals surface area (Å²) >= 11 is 3.37. The zero-order valence-electron chi connectivity index (χ0n) is 10.5. The second-order valence-electron chi connectivity index (χ2n) is 4.98. The van der Waals surface area contributed by atoms with E-state index in [2.05, 4.69) is 15.9 Å². The summed E-state index contributed by atoms with van der Waals surface area (Å²) in [5.41, 5.74) is 1.01. The number of carbonyl (C=O) groups is 1. The summed E-state index contributed by atoms with van der Waals surface area (Å²) in [5.74, 6) is 0.394. The van der Waals surface area contributed by atoms with Crippen LogP contribution in [0.5, 0.6) is 0 Å². The molecule has 0 aliphatic carbocycles. The van der Waals surface area contributed by atoms with E-state index in [0.717, 1.165) is 23.0 Å². The molecule has 4 heteroatoms. The number of hydrogen-bond acceptors (Lipinski definition) is 2. The van der Waals surface area contributed by atoms with Crippen molar-refractivity contribution in [2.75, 3.05) is 13.1 Å². The van der Waals surface area contributed by atoms with Gasteiger partial charge >= 0.3 is 0 Å². The van der Waals surface area contributed by atoms with E-state index in [1.807, 2.05) is 31.2 Å². The summed E-state index contributed by atoms with van der Waals surface area (Å²) in [5, 5.41) is 9.80. The molecule has 0 aromatic heterocycles. The fraction of sp³-hybridized carbons (Fsp3) is 0.500. The number of β-amino-alcohol motifs (C(OH)–C–C–N with tert-alkyl or cyclic N) is 1. The number of hydrogen-bond donors (Lipinski definition) is 1. The molecule has 2 rings (SSSR count). The molecule has 0 radical (unpaired) electrons. The van der Waals surface area contributed by atoms with E-state index in [4.69, 9.17) is 0 Å². The zero-order valence-corrected chi connectivity index (χ0v) is 12.1. The molecule has 0 spiro atoms. The van der Waals surface area contributed by atoms with Crippen molar-refractivity contribution in [3.63, 3.8) is 0 Å². The first-order valence-corrected chi connectivity index (χ1v) is 7.06. The minimum absolute atomic E-state index is 0.100. The molecule has 0 saturated carbocycles. The molecule has 0 bridgehead atoms. The maximum Gasteiger partial charge on any atom is 0.227 e. The number of aliphatic hydroxyl groups is 1. The molecule has 1 heterocycles. The Hall–Kier alpha value is -0.870. The Labute approximate surface area is 116 Å². The average molecular weight is 312 g/mol. The Bertz CT molecular complexity index is 418. The van der Waals surface area contributed by atoms with Gasteiger partial charge in [0.2, 0.25) is 5.91 Å². The molecule has 1 aliphatic heterocycles. The molecule has 98 valence electrons. The smallest absolute Gasteiger partial charge is 0.227 e. The number of aliphatic hydroxyl groups excluding tert-OH is 1. The lowest BCUT2D eigenvalue weighted by molar-refractivity contribution is -0.134. The van der Waals surface area contributed by atoms with Crippen molar-refractivity contribution in [1.29, 1.82) is 0 Å². The maximum atomic E-state index is 12.1. The molecule has 18 heavy (non-hydrogen) atoms. The van der Waals surface area contributed by atoms with Gasteiger partial charge in [-0.05, 0) is 30.0 Å². The second-order valence-corrected chi connectivity index (χ2v) is 5.89. The van der Waals surface area contributed by atoms with E-state index in [0.29, 0.717) is 18.9 Å². The third kappa shape index (κ3) is 3.33. The van der Waals surface area contributed by atoms with Crippen LogP contribution in [0.15, 0.2) is 28.7 Å². The van der Waals surface area contributed by atoms with Crippen LogP contribution in [0.1, 0.15) is 18.9 Å². The monoisotopic (exact) mass is 311 g/mol. The lowest BCUT2D eigenvalue weighted by Crippen LogP contribution is -2.46. The molecule has 1 N–H and O–H groups in total. The number of carbonyl (C=O) groups excluding carboxylic acids is 1. The van der Waals surface area contributed by atoms with Crippen LogP contribution in [-0.2, 0) is 11.2 Å². The Morgan fingerprint density at radius 2 is 2.11 bits per heavy atom. The lowest BCUT2D eigenvalue weighted by atomic mass is 9.95. The fourth-order valence-corrected chi connectivity index (χ4v) is 2.43. The predicted octanol–water partition coefficient (Wildman–Crippen LogP) is 2.22. The van der Waals surface area contributed by atoms with Crippen LogP contribution in [0.4, 0.5) is 0 Å². The molecule has 2 unspecified atom stereocenters. The molecule has 1 saturated heterocycles. The minimum atomic E-state index is -0.382. The minimum Gasteiger partial charge on any atom is -0.391 e. The largest absolute Gasteiger partial charge is 0.391 e. The van der Waals surface area contributed by atoms with Gasteiger partial charge in [-0.25, -0.2) is 0 Å². The fourth-order valence-electron chi connectivity index (χ4n) is 2.16. The first-order chi connectivity index (χ1) is 8.56. The standard InChI is InChI=1S/C14H18BrNO2/c1-10-6-7-16(9-13(10)17)14(18)8-11-2-4-12(15)5-3-11/h2-5,10,13,17H,6-9H2,1H3. The molecule has 1 aromatic rings. The number of amides is 1. The van der Waals surface area contributed by atoms with E-state index in [9.17, 15) is 9.90 Å². The van der Waals surface area contributed by atoms with Gasteiger partial charge in [-0.2, -0.15) is 0 Å². The summed E-state index contributed by atoms with van der Waals surface area (Å²) in [6, 6.07) is 7.78. The Morgan fingerprint density at radius 3 is 2.72 bits per heavy atom. The van der Waals surface area contributed by atoms with Crippen molar-refractivity contribution < 1.29 is 9.90 Å². The number of piperidine rings is 1. The van der Waals surface area contributed by atoms with Crippen molar-refractivity contribution in [2.24, 2.45) is 5.92 Å². The van der Waals surface area contributed by atoms with Gasteiger partial charge in [-0.15, -0.1) is 0 Å². The van der Waals surface area contributed by atoms with E-state index in [-0.39, 0.29) is 12.0 Å². The first kappa shape index (κ1) is 13.6. The summed E-state index contributed by atoms with van der Waals surface area (Å²) in [6.45, 7) is 3.26. The summed E-state index contributed by atoms with van der Waals surface area (Å²) in [4.78, 5) is 13.9. The van der Waals surface area contributed by atoms with Crippen molar-refractivity contribution in [3.8, 4) is 0 Å². The molecular formula is C14H18BrNO2. The van der Waals surface area contributed by atoms with Crippen LogP contribution < -0.4 is 0 Å². The van der Waals surface area contributed by atoms with Crippen molar-refractivity contribution >= 4 is 21.8 Å². The van der Waals surface area contributed by atoms with Crippen LogP contribution in [0.25, 0.3) is 0 Å². The molecule has 3 nitrogen and oxygen atoms in total. The van der Waals surface area contributed by atoms with E-state index in [1.165, 1.54) is 0 Å². The number of benzene rings is 1. The SMILES string of the molecule is CC1CCN(C(=O)Cc2ccc(Br)cc2)CC1O. The van der Waals surface area contributed by atoms with E-state index < -0.39 is 0 Å². The Kier molecular flexibility index (Phi) is 4.40. The van der Waals surface area contributed by atoms with Crippen LogP contribution in [0, 0.1) is 5.92 Å². The lowest BCUT2D eigenvalue weighted by Gasteiger charge is -2.34. The first-order valence-electron chi connectivity index (χ1n) is 6.26. The number of rotatable bonds is 2. The van der Waals surface area contributed by atoms with Crippen LogP contribution in [0.3, 0.4) is 0 Å². The number of nitrogens with zero attached hydrogens (tertiary/aromatic N) is 1. The maximum absolute atomic E-state index is 12.1. The topological polar surface area (TPSA) is 40.5 Å². The highest BCUT2D eigenvalue weighted by atomic mass is 79.9. The molecule has 1 aliphatic rings. The van der Waals surface area contributed by atoms with Crippen LogP contribution in [-0.4, -0.2) is 35.1 Å². The van der Waals surface area contributed by atoms with Crippen molar-refractivity contribution in [1.82, 2.24) is 4.90 Å². The zero-order chi connectivity index (χ0) is 13.1. The highest BCUT2D eigenvalue weighted by Crippen LogP contribution is 2.18. The molecule has 1 amide bonds. The molecule has 1 aromatic carbocycles.